The smallest absolute Gasteiger partial charge is 0.257 e. The Labute approximate surface area is 105 Å². The maximum atomic E-state index is 14.2. The summed E-state index contributed by atoms with van der Waals surface area (Å²) in [4.78, 5) is 6.22. The minimum Gasteiger partial charge on any atom is -0.356 e. The monoisotopic (exact) mass is 253 g/mol. The molecule has 1 aromatic rings. The van der Waals surface area contributed by atoms with Crippen molar-refractivity contribution in [2.75, 3.05) is 31.1 Å². The first kappa shape index (κ1) is 11.8. The van der Waals surface area contributed by atoms with Crippen molar-refractivity contribution in [3.8, 4) is 0 Å². The molecule has 0 aromatic carbocycles. The molecule has 3 heterocycles. The van der Waals surface area contributed by atoms with Gasteiger partial charge >= 0.3 is 0 Å². The zero-order valence-corrected chi connectivity index (χ0v) is 10.2. The Hall–Kier alpha value is -1.23. The van der Waals surface area contributed by atoms with Gasteiger partial charge in [-0.3, -0.25) is 0 Å². The number of nitrogens with one attached hydrogen (secondary N) is 1. The van der Waals surface area contributed by atoms with Crippen molar-refractivity contribution in [1.82, 2.24) is 10.3 Å². The topological polar surface area (TPSA) is 28.2 Å². The maximum Gasteiger partial charge on any atom is 0.257 e. The molecule has 2 saturated heterocycles. The number of anilines is 1. The molecule has 0 bridgehead atoms. The summed E-state index contributed by atoms with van der Waals surface area (Å²) < 4.78 is 28.3. The average molecular weight is 253 g/mol. The molecule has 3 nitrogen and oxygen atoms in total. The van der Waals surface area contributed by atoms with Gasteiger partial charge in [-0.2, -0.15) is 0 Å². The number of nitrogens with zero attached hydrogens (tertiary/aromatic N) is 2. The second kappa shape index (κ2) is 4.16. The number of pyridine rings is 1. The minimum atomic E-state index is -2.57. The molecule has 1 atom stereocenters. The standard InChI is InChI=1S/C13H17F2N3/c14-13(15)4-7-16-9-12(13)5-8-18(10-12)11-3-1-2-6-17-11/h1-3,6,16H,4-5,7-10H2/t12-/m0/s1. The largest absolute Gasteiger partial charge is 0.356 e. The van der Waals surface area contributed by atoms with Gasteiger partial charge in [-0.15, -0.1) is 0 Å². The van der Waals surface area contributed by atoms with Crippen LogP contribution in [0.25, 0.3) is 0 Å². The maximum absolute atomic E-state index is 14.2. The predicted octanol–water partition coefficient (Wildman–Crippen LogP) is 1.91. The lowest BCUT2D eigenvalue weighted by Gasteiger charge is -2.41. The predicted molar refractivity (Wildman–Crippen MR) is 65.9 cm³/mol. The van der Waals surface area contributed by atoms with Gasteiger partial charge < -0.3 is 10.2 Å². The lowest BCUT2D eigenvalue weighted by Crippen LogP contribution is -2.55. The molecule has 2 aliphatic rings. The molecule has 2 fully saturated rings. The van der Waals surface area contributed by atoms with Crippen LogP contribution in [0.1, 0.15) is 12.8 Å². The van der Waals surface area contributed by atoms with E-state index < -0.39 is 11.3 Å². The highest BCUT2D eigenvalue weighted by Crippen LogP contribution is 2.48. The van der Waals surface area contributed by atoms with E-state index in [0.29, 0.717) is 32.6 Å². The molecule has 0 radical (unpaired) electrons. The van der Waals surface area contributed by atoms with E-state index in [1.807, 2.05) is 23.1 Å². The Morgan fingerprint density at radius 3 is 2.89 bits per heavy atom. The Morgan fingerprint density at radius 2 is 2.17 bits per heavy atom. The van der Waals surface area contributed by atoms with Gasteiger partial charge in [0.05, 0.1) is 5.41 Å². The van der Waals surface area contributed by atoms with Gasteiger partial charge in [-0.1, -0.05) is 6.07 Å². The molecule has 1 N–H and O–H groups in total. The summed E-state index contributed by atoms with van der Waals surface area (Å²) in [7, 11) is 0. The second-order valence-corrected chi connectivity index (χ2v) is 5.27. The molecule has 0 saturated carbocycles. The molecule has 2 aliphatic heterocycles. The van der Waals surface area contributed by atoms with Crippen LogP contribution in [0.5, 0.6) is 0 Å². The zero-order valence-electron chi connectivity index (χ0n) is 10.2. The van der Waals surface area contributed by atoms with Gasteiger partial charge in [0.1, 0.15) is 5.82 Å². The second-order valence-electron chi connectivity index (χ2n) is 5.27. The Balaban J connectivity index is 1.82. The van der Waals surface area contributed by atoms with Crippen LogP contribution in [0.15, 0.2) is 24.4 Å². The van der Waals surface area contributed by atoms with Crippen LogP contribution in [0.3, 0.4) is 0 Å². The minimum absolute atomic E-state index is 0.0525. The van der Waals surface area contributed by atoms with Crippen LogP contribution in [0, 0.1) is 5.41 Å². The fourth-order valence-corrected chi connectivity index (χ4v) is 3.02. The third-order valence-corrected chi connectivity index (χ3v) is 4.18. The van der Waals surface area contributed by atoms with E-state index >= 15 is 0 Å². The Kier molecular flexibility index (Phi) is 2.73. The number of aromatic nitrogens is 1. The molecule has 0 aliphatic carbocycles. The number of hydrogen-bond acceptors (Lipinski definition) is 3. The van der Waals surface area contributed by atoms with Crippen LogP contribution in [0.4, 0.5) is 14.6 Å². The Morgan fingerprint density at radius 1 is 1.28 bits per heavy atom. The van der Waals surface area contributed by atoms with Crippen molar-refractivity contribution in [1.29, 1.82) is 0 Å². The van der Waals surface area contributed by atoms with E-state index in [1.54, 1.807) is 6.20 Å². The van der Waals surface area contributed by atoms with Gasteiger partial charge in [0.2, 0.25) is 0 Å². The van der Waals surface area contributed by atoms with E-state index in [1.165, 1.54) is 0 Å². The lowest BCUT2D eigenvalue weighted by atomic mass is 9.76. The first-order chi connectivity index (χ1) is 8.63. The van der Waals surface area contributed by atoms with Crippen molar-refractivity contribution in [2.45, 2.75) is 18.8 Å². The van der Waals surface area contributed by atoms with Crippen molar-refractivity contribution < 1.29 is 8.78 Å². The number of alkyl halides is 2. The van der Waals surface area contributed by atoms with E-state index in [9.17, 15) is 8.78 Å². The molecule has 0 amide bonds. The van der Waals surface area contributed by atoms with Crippen molar-refractivity contribution in [3.63, 3.8) is 0 Å². The van der Waals surface area contributed by atoms with E-state index in [4.69, 9.17) is 0 Å². The summed E-state index contributed by atoms with van der Waals surface area (Å²) >= 11 is 0. The van der Waals surface area contributed by atoms with Gasteiger partial charge in [0.15, 0.2) is 0 Å². The van der Waals surface area contributed by atoms with Crippen LogP contribution >= 0.6 is 0 Å². The van der Waals surface area contributed by atoms with E-state index in [0.717, 1.165) is 5.82 Å². The summed E-state index contributed by atoms with van der Waals surface area (Å²) in [5.41, 5.74) is -0.914. The number of hydrogen-bond donors (Lipinski definition) is 1. The highest BCUT2D eigenvalue weighted by molar-refractivity contribution is 5.40. The SMILES string of the molecule is FC1(F)CCNC[C@]12CCN(c1ccccn1)C2. The molecule has 98 valence electrons. The highest BCUT2D eigenvalue weighted by Gasteiger charge is 2.57. The van der Waals surface area contributed by atoms with Crippen molar-refractivity contribution in [3.05, 3.63) is 24.4 Å². The summed E-state index contributed by atoms with van der Waals surface area (Å²) in [6.07, 6.45) is 2.18. The molecule has 0 unspecified atom stereocenters. The van der Waals surface area contributed by atoms with Crippen LogP contribution in [-0.2, 0) is 0 Å². The van der Waals surface area contributed by atoms with Crippen molar-refractivity contribution in [2.24, 2.45) is 5.41 Å². The molecule has 18 heavy (non-hydrogen) atoms. The number of rotatable bonds is 1. The molecule has 5 heteroatoms. The average Bonchev–Trinajstić information content (AvgIpc) is 2.81. The highest BCUT2D eigenvalue weighted by atomic mass is 19.3. The van der Waals surface area contributed by atoms with Gasteiger partial charge in [-0.05, 0) is 18.6 Å². The van der Waals surface area contributed by atoms with Gasteiger partial charge in [0.25, 0.3) is 5.92 Å². The van der Waals surface area contributed by atoms with Gasteiger partial charge in [0, 0.05) is 38.8 Å². The summed E-state index contributed by atoms with van der Waals surface area (Å²) in [5, 5.41) is 3.12. The van der Waals surface area contributed by atoms with Crippen molar-refractivity contribution >= 4 is 5.82 Å². The normalized spacial score (nSPS) is 30.9. The molecule has 3 rings (SSSR count). The third kappa shape index (κ3) is 1.77. The first-order valence-corrected chi connectivity index (χ1v) is 6.38. The quantitative estimate of drug-likeness (QED) is 0.828. The number of piperidine rings is 1. The molecular formula is C13H17F2N3. The molecular weight excluding hydrogens is 236 g/mol. The first-order valence-electron chi connectivity index (χ1n) is 6.38. The fraction of sp³-hybridized carbons (Fsp3) is 0.615. The molecule has 1 spiro atoms. The molecule has 1 aromatic heterocycles. The summed E-state index contributed by atoms with van der Waals surface area (Å²) in [6.45, 7) is 1.87. The van der Waals surface area contributed by atoms with Crippen LogP contribution in [-0.4, -0.2) is 37.1 Å². The number of halogens is 2. The lowest BCUT2D eigenvalue weighted by molar-refractivity contribution is -0.131. The summed E-state index contributed by atoms with van der Waals surface area (Å²) in [6, 6.07) is 5.62. The Bertz CT molecular complexity index is 424. The van der Waals surface area contributed by atoms with Crippen LogP contribution < -0.4 is 10.2 Å². The fourth-order valence-electron chi connectivity index (χ4n) is 3.02. The van der Waals surface area contributed by atoms with E-state index in [2.05, 4.69) is 10.3 Å². The zero-order chi connectivity index (χ0) is 12.6. The third-order valence-electron chi connectivity index (χ3n) is 4.18. The van der Waals surface area contributed by atoms with E-state index in [-0.39, 0.29) is 6.42 Å². The summed E-state index contributed by atoms with van der Waals surface area (Å²) in [5.74, 6) is -1.77. The van der Waals surface area contributed by atoms with Crippen LogP contribution in [0.2, 0.25) is 0 Å². The van der Waals surface area contributed by atoms with Gasteiger partial charge in [-0.25, -0.2) is 13.8 Å².